The lowest BCUT2D eigenvalue weighted by Gasteiger charge is -2.19. The fourth-order valence-corrected chi connectivity index (χ4v) is 1.70. The molecule has 1 nitrogen and oxygen atoms in total. The maximum atomic E-state index is 9.36. The molecule has 0 aromatic heterocycles. The Hall–Kier alpha value is -1.50. The maximum absolute atomic E-state index is 9.36. The van der Waals surface area contributed by atoms with Crippen molar-refractivity contribution in [2.24, 2.45) is 0 Å². The summed E-state index contributed by atoms with van der Waals surface area (Å²) in [6.07, 6.45) is 0. The Kier molecular flexibility index (Phi) is 2.18. The van der Waals surface area contributed by atoms with Crippen LogP contribution in [0.2, 0.25) is 0 Å². The second kappa shape index (κ2) is 3.27. The number of phenols is 1. The van der Waals surface area contributed by atoms with E-state index in [0.29, 0.717) is 5.75 Å². The Morgan fingerprint density at radius 2 is 1.47 bits per heavy atom. The van der Waals surface area contributed by atoms with Gasteiger partial charge in [-0.2, -0.15) is 0 Å². The first-order valence-electron chi connectivity index (χ1n) is 5.20. The molecule has 0 aliphatic carbocycles. The minimum Gasteiger partial charge on any atom is -0.508 e. The lowest BCUT2D eigenvalue weighted by atomic mass is 9.86. The lowest BCUT2D eigenvalue weighted by molar-refractivity contribution is 0.476. The molecule has 0 amide bonds. The van der Waals surface area contributed by atoms with Crippen LogP contribution in [0.4, 0.5) is 0 Å². The van der Waals surface area contributed by atoms with E-state index in [1.165, 1.54) is 10.9 Å². The highest BCUT2D eigenvalue weighted by Crippen LogP contribution is 2.27. The van der Waals surface area contributed by atoms with Crippen molar-refractivity contribution in [1.29, 1.82) is 0 Å². The summed E-state index contributed by atoms with van der Waals surface area (Å²) in [7, 11) is 0. The Labute approximate surface area is 90.4 Å². The molecule has 0 radical (unpaired) electrons. The Morgan fingerprint density at radius 1 is 0.867 bits per heavy atom. The van der Waals surface area contributed by atoms with Crippen LogP contribution in [0, 0.1) is 0 Å². The summed E-state index contributed by atoms with van der Waals surface area (Å²) < 4.78 is 0. The lowest BCUT2D eigenvalue weighted by Crippen LogP contribution is -2.10. The maximum Gasteiger partial charge on any atom is 0.116 e. The highest BCUT2D eigenvalue weighted by molar-refractivity contribution is 5.84. The molecular weight excluding hydrogens is 184 g/mol. The van der Waals surface area contributed by atoms with E-state index in [9.17, 15) is 5.11 Å². The molecule has 15 heavy (non-hydrogen) atoms. The molecule has 2 aromatic carbocycles. The summed E-state index contributed by atoms with van der Waals surface area (Å²) >= 11 is 0. The summed E-state index contributed by atoms with van der Waals surface area (Å²) in [5.74, 6) is 0.325. The highest BCUT2D eigenvalue weighted by atomic mass is 16.3. The smallest absolute Gasteiger partial charge is 0.116 e. The van der Waals surface area contributed by atoms with Crippen molar-refractivity contribution in [2.75, 3.05) is 0 Å². The van der Waals surface area contributed by atoms with Crippen LogP contribution in [-0.4, -0.2) is 5.11 Å². The summed E-state index contributed by atoms with van der Waals surface area (Å²) in [4.78, 5) is 0. The van der Waals surface area contributed by atoms with Crippen LogP contribution in [0.5, 0.6) is 5.75 Å². The van der Waals surface area contributed by atoms with Crippen LogP contribution >= 0.6 is 0 Å². The van der Waals surface area contributed by atoms with Gasteiger partial charge in [0.05, 0.1) is 0 Å². The minimum atomic E-state index is 0.173. The van der Waals surface area contributed by atoms with Crippen LogP contribution in [0.25, 0.3) is 10.8 Å². The van der Waals surface area contributed by atoms with Crippen molar-refractivity contribution in [3.05, 3.63) is 42.0 Å². The van der Waals surface area contributed by atoms with Crippen LogP contribution in [0.1, 0.15) is 26.3 Å². The van der Waals surface area contributed by atoms with Gasteiger partial charge in [-0.15, -0.1) is 0 Å². The van der Waals surface area contributed by atoms with Gasteiger partial charge in [0, 0.05) is 0 Å². The third kappa shape index (κ3) is 1.96. The van der Waals surface area contributed by atoms with Crippen molar-refractivity contribution < 1.29 is 5.11 Å². The van der Waals surface area contributed by atoms with Gasteiger partial charge in [-0.1, -0.05) is 45.0 Å². The van der Waals surface area contributed by atoms with Crippen LogP contribution in [0.3, 0.4) is 0 Å². The van der Waals surface area contributed by atoms with Gasteiger partial charge in [0.2, 0.25) is 0 Å². The number of hydrogen-bond donors (Lipinski definition) is 1. The zero-order valence-electron chi connectivity index (χ0n) is 9.41. The molecule has 0 aliphatic rings. The van der Waals surface area contributed by atoms with Crippen molar-refractivity contribution in [3.63, 3.8) is 0 Å². The minimum absolute atomic E-state index is 0.173. The molecule has 78 valence electrons. The van der Waals surface area contributed by atoms with E-state index in [1.807, 2.05) is 6.07 Å². The molecule has 0 unspecified atom stereocenters. The van der Waals surface area contributed by atoms with Gasteiger partial charge in [0.25, 0.3) is 0 Å². The fraction of sp³-hybridized carbons (Fsp3) is 0.286. The molecule has 2 aromatic rings. The molecule has 0 bridgehead atoms. The van der Waals surface area contributed by atoms with Crippen LogP contribution in [-0.2, 0) is 5.41 Å². The van der Waals surface area contributed by atoms with Crippen molar-refractivity contribution in [2.45, 2.75) is 26.2 Å². The SMILES string of the molecule is CC(C)(C)c1ccc2cc(O)ccc2c1. The second-order valence-electron chi connectivity index (χ2n) is 5.00. The topological polar surface area (TPSA) is 20.2 Å². The van der Waals surface area contributed by atoms with Gasteiger partial charge in [0.1, 0.15) is 5.75 Å². The molecule has 0 saturated carbocycles. The van der Waals surface area contributed by atoms with Crippen molar-refractivity contribution in [1.82, 2.24) is 0 Å². The van der Waals surface area contributed by atoms with Gasteiger partial charge < -0.3 is 5.11 Å². The fourth-order valence-electron chi connectivity index (χ4n) is 1.70. The number of aromatic hydroxyl groups is 1. The van der Waals surface area contributed by atoms with E-state index in [1.54, 1.807) is 12.1 Å². The Morgan fingerprint density at radius 3 is 2.13 bits per heavy atom. The zero-order chi connectivity index (χ0) is 11.1. The van der Waals surface area contributed by atoms with E-state index >= 15 is 0 Å². The summed E-state index contributed by atoms with van der Waals surface area (Å²) in [5.41, 5.74) is 1.49. The first-order valence-corrected chi connectivity index (χ1v) is 5.20. The molecular formula is C14H16O. The van der Waals surface area contributed by atoms with Gasteiger partial charge >= 0.3 is 0 Å². The Balaban J connectivity index is 2.62. The standard InChI is InChI=1S/C14H16O/c1-14(2,3)12-6-4-11-9-13(15)7-5-10(11)8-12/h4-9,15H,1-3H3. The van der Waals surface area contributed by atoms with Gasteiger partial charge in [0.15, 0.2) is 0 Å². The average Bonchev–Trinajstić information content (AvgIpc) is 2.15. The van der Waals surface area contributed by atoms with Gasteiger partial charge in [-0.05, 0) is 33.9 Å². The van der Waals surface area contributed by atoms with Crippen LogP contribution in [0.15, 0.2) is 36.4 Å². The van der Waals surface area contributed by atoms with Crippen LogP contribution < -0.4 is 0 Å². The molecule has 0 atom stereocenters. The molecule has 1 N–H and O–H groups in total. The Bertz CT molecular complexity index is 492. The highest BCUT2D eigenvalue weighted by Gasteiger charge is 2.13. The van der Waals surface area contributed by atoms with Crippen molar-refractivity contribution in [3.8, 4) is 5.75 Å². The van der Waals surface area contributed by atoms with Crippen molar-refractivity contribution >= 4 is 10.8 Å². The predicted octanol–water partition coefficient (Wildman–Crippen LogP) is 3.84. The zero-order valence-corrected chi connectivity index (χ0v) is 9.41. The third-order valence-corrected chi connectivity index (χ3v) is 2.69. The normalized spacial score (nSPS) is 11.9. The molecule has 1 heteroatoms. The quantitative estimate of drug-likeness (QED) is 0.685. The molecule has 0 aliphatic heterocycles. The third-order valence-electron chi connectivity index (χ3n) is 2.69. The number of benzene rings is 2. The number of hydrogen-bond acceptors (Lipinski definition) is 1. The first-order chi connectivity index (χ1) is 6.97. The second-order valence-corrected chi connectivity index (χ2v) is 5.00. The molecule has 0 fully saturated rings. The van der Waals surface area contributed by atoms with E-state index in [2.05, 4.69) is 39.0 Å². The van der Waals surface area contributed by atoms with Gasteiger partial charge in [-0.3, -0.25) is 0 Å². The van der Waals surface area contributed by atoms with E-state index < -0.39 is 0 Å². The summed E-state index contributed by atoms with van der Waals surface area (Å²) in [6, 6.07) is 11.9. The van der Waals surface area contributed by atoms with E-state index in [0.717, 1.165) is 5.39 Å². The van der Waals surface area contributed by atoms with E-state index in [-0.39, 0.29) is 5.41 Å². The average molecular weight is 200 g/mol. The monoisotopic (exact) mass is 200 g/mol. The molecule has 0 heterocycles. The molecule has 0 spiro atoms. The first kappa shape index (κ1) is 10.0. The molecule has 0 saturated heterocycles. The number of rotatable bonds is 0. The number of fused-ring (bicyclic) bond motifs is 1. The molecule has 2 rings (SSSR count). The summed E-state index contributed by atoms with van der Waals surface area (Å²) in [6.45, 7) is 6.61. The van der Waals surface area contributed by atoms with E-state index in [4.69, 9.17) is 0 Å². The number of phenolic OH excluding ortho intramolecular Hbond substituents is 1. The largest absolute Gasteiger partial charge is 0.508 e. The predicted molar refractivity (Wildman–Crippen MR) is 64.3 cm³/mol. The summed E-state index contributed by atoms with van der Waals surface area (Å²) in [5, 5.41) is 11.6. The van der Waals surface area contributed by atoms with Gasteiger partial charge in [-0.25, -0.2) is 0 Å².